The van der Waals surface area contributed by atoms with Gasteiger partial charge in [-0.25, -0.2) is 0 Å². The van der Waals surface area contributed by atoms with Gasteiger partial charge in [0, 0.05) is 15.8 Å². The van der Waals surface area contributed by atoms with Gasteiger partial charge >= 0.3 is 6.18 Å². The van der Waals surface area contributed by atoms with Crippen LogP contribution in [0.15, 0.2) is 46.9 Å². The normalized spacial score (nSPS) is 10.8. The lowest BCUT2D eigenvalue weighted by atomic mass is 10.1. The highest BCUT2D eigenvalue weighted by Crippen LogP contribution is 2.36. The summed E-state index contributed by atoms with van der Waals surface area (Å²) in [6.07, 6.45) is -4.20. The molecule has 4 nitrogen and oxygen atoms in total. The third-order valence-corrected chi connectivity index (χ3v) is 3.94. The predicted octanol–water partition coefficient (Wildman–Crippen LogP) is 4.58. The Morgan fingerprint density at radius 1 is 1.12 bits per heavy atom. The molecule has 0 heterocycles. The van der Waals surface area contributed by atoms with Crippen molar-refractivity contribution in [3.63, 3.8) is 0 Å². The Morgan fingerprint density at radius 3 is 2.36 bits per heavy atom. The lowest BCUT2D eigenvalue weighted by Gasteiger charge is -2.12. The van der Waals surface area contributed by atoms with E-state index in [1.165, 1.54) is 12.1 Å². The number of nitrogens with one attached hydrogen (secondary N) is 2. The molecular weight excluding hydrogens is 399 g/mol. The van der Waals surface area contributed by atoms with Crippen molar-refractivity contribution in [3.8, 4) is 6.07 Å². The van der Waals surface area contributed by atoms with E-state index in [9.17, 15) is 18.0 Å². The highest BCUT2D eigenvalue weighted by atomic mass is 79.9. The van der Waals surface area contributed by atoms with E-state index in [1.54, 1.807) is 24.3 Å². The van der Waals surface area contributed by atoms with Gasteiger partial charge in [-0.15, -0.1) is 0 Å². The number of hydrogen-bond acceptors (Lipinski definition) is 3. The van der Waals surface area contributed by atoms with Crippen LogP contribution >= 0.6 is 15.9 Å². The van der Waals surface area contributed by atoms with Crippen molar-refractivity contribution < 1.29 is 18.0 Å². The van der Waals surface area contributed by atoms with Gasteiger partial charge in [0.2, 0.25) is 5.91 Å². The lowest BCUT2D eigenvalue weighted by Crippen LogP contribution is -2.22. The third-order valence-electron chi connectivity index (χ3n) is 3.25. The number of anilines is 2. The van der Waals surface area contributed by atoms with Gasteiger partial charge in [0.25, 0.3) is 0 Å². The van der Waals surface area contributed by atoms with Crippen molar-refractivity contribution in [2.24, 2.45) is 0 Å². The first-order valence-corrected chi connectivity index (χ1v) is 7.95. The van der Waals surface area contributed by atoms with Crippen molar-refractivity contribution in [1.29, 1.82) is 5.26 Å². The van der Waals surface area contributed by atoms with E-state index in [2.05, 4.69) is 26.6 Å². The van der Waals surface area contributed by atoms with Gasteiger partial charge in [0.05, 0.1) is 24.6 Å². The Labute approximate surface area is 150 Å². The summed E-state index contributed by atoms with van der Waals surface area (Å²) in [4.78, 5) is 11.9. The quantitative estimate of drug-likeness (QED) is 0.756. The molecule has 0 saturated heterocycles. The fourth-order valence-corrected chi connectivity index (χ4v) is 2.51. The molecule has 0 bridgehead atoms. The van der Waals surface area contributed by atoms with Crippen LogP contribution in [0.4, 0.5) is 24.5 Å². The first-order chi connectivity index (χ1) is 11.8. The van der Waals surface area contributed by atoms with Crippen molar-refractivity contribution in [3.05, 3.63) is 58.1 Å². The Morgan fingerprint density at radius 2 is 1.76 bits per heavy atom. The van der Waals surface area contributed by atoms with Gasteiger partial charge in [-0.2, -0.15) is 18.4 Å². The first-order valence-electron chi connectivity index (χ1n) is 7.16. The van der Waals surface area contributed by atoms with Gasteiger partial charge in [-0.05, 0) is 35.9 Å². The lowest BCUT2D eigenvalue weighted by molar-refractivity contribution is -0.138. The van der Waals surface area contributed by atoms with Crippen molar-refractivity contribution in [2.45, 2.75) is 12.6 Å². The summed E-state index contributed by atoms with van der Waals surface area (Å²) in [7, 11) is 0. The highest BCUT2D eigenvalue weighted by Gasteiger charge is 2.33. The second-order valence-corrected chi connectivity index (χ2v) is 5.98. The van der Waals surface area contributed by atoms with Crippen LogP contribution in [0, 0.1) is 11.3 Å². The zero-order chi connectivity index (χ0) is 18.4. The van der Waals surface area contributed by atoms with Crippen LogP contribution in [0.25, 0.3) is 0 Å². The number of benzene rings is 2. The van der Waals surface area contributed by atoms with Gasteiger partial charge in [-0.3, -0.25) is 4.79 Å². The number of halogens is 4. The average Bonchev–Trinajstić information content (AvgIpc) is 2.55. The smallest absolute Gasteiger partial charge is 0.376 e. The van der Waals surface area contributed by atoms with Crippen LogP contribution < -0.4 is 10.6 Å². The van der Waals surface area contributed by atoms with Crippen LogP contribution in [-0.2, 0) is 17.4 Å². The Kier molecular flexibility index (Phi) is 6.04. The van der Waals surface area contributed by atoms with Crippen LogP contribution in [0.2, 0.25) is 0 Å². The van der Waals surface area contributed by atoms with Gasteiger partial charge in [-0.1, -0.05) is 28.1 Å². The predicted molar refractivity (Wildman–Crippen MR) is 92.0 cm³/mol. The fourth-order valence-electron chi connectivity index (χ4n) is 2.04. The summed E-state index contributed by atoms with van der Waals surface area (Å²) < 4.78 is 38.5. The minimum atomic E-state index is -4.48. The van der Waals surface area contributed by atoms with Gasteiger partial charge in [0.15, 0.2) is 0 Å². The zero-order valence-electron chi connectivity index (χ0n) is 12.8. The molecule has 25 heavy (non-hydrogen) atoms. The summed E-state index contributed by atoms with van der Waals surface area (Å²) in [5.74, 6) is -0.399. The van der Waals surface area contributed by atoms with E-state index in [-0.39, 0.29) is 23.1 Å². The molecule has 0 radical (unpaired) electrons. The number of hydrogen-bond donors (Lipinski definition) is 2. The summed E-state index contributed by atoms with van der Waals surface area (Å²) in [6.45, 7) is -0.182. The number of nitriles is 1. The SMILES string of the molecule is N#CCc1ccc(NC(=O)CNc2ccc(Br)c(C(F)(F)F)c2)cc1. The molecular formula is C17H13BrF3N3O. The minimum absolute atomic E-state index is 0.0625. The van der Waals surface area contributed by atoms with Gasteiger partial charge in [0.1, 0.15) is 0 Å². The summed E-state index contributed by atoms with van der Waals surface area (Å²) in [5, 5.41) is 13.9. The summed E-state index contributed by atoms with van der Waals surface area (Å²) in [6, 6.07) is 12.4. The summed E-state index contributed by atoms with van der Waals surface area (Å²) >= 11 is 2.86. The van der Waals surface area contributed by atoms with Crippen LogP contribution in [0.1, 0.15) is 11.1 Å². The van der Waals surface area contributed by atoms with E-state index in [1.807, 2.05) is 6.07 Å². The molecule has 0 spiro atoms. The van der Waals surface area contributed by atoms with E-state index in [0.29, 0.717) is 5.69 Å². The number of carbonyl (C=O) groups excluding carboxylic acids is 1. The monoisotopic (exact) mass is 411 g/mol. The molecule has 2 rings (SSSR count). The molecule has 0 atom stereocenters. The second-order valence-electron chi connectivity index (χ2n) is 5.13. The van der Waals surface area contributed by atoms with E-state index in [4.69, 9.17) is 5.26 Å². The van der Waals surface area contributed by atoms with E-state index >= 15 is 0 Å². The van der Waals surface area contributed by atoms with Gasteiger partial charge < -0.3 is 10.6 Å². The molecule has 2 aromatic carbocycles. The molecule has 0 aliphatic heterocycles. The number of nitrogens with zero attached hydrogens (tertiary/aromatic N) is 1. The standard InChI is InChI=1S/C17H13BrF3N3O/c18-15-6-5-13(9-14(15)17(19,20)21)23-10-16(25)24-12-3-1-11(2-4-12)7-8-22/h1-6,9,23H,7,10H2,(H,24,25). The molecule has 2 aromatic rings. The van der Waals surface area contributed by atoms with E-state index in [0.717, 1.165) is 11.6 Å². The number of alkyl halides is 3. The van der Waals surface area contributed by atoms with Crippen molar-refractivity contribution >= 4 is 33.2 Å². The molecule has 0 aliphatic rings. The molecule has 1 amide bonds. The fraction of sp³-hybridized carbons (Fsp3) is 0.176. The highest BCUT2D eigenvalue weighted by molar-refractivity contribution is 9.10. The molecule has 0 unspecified atom stereocenters. The van der Waals surface area contributed by atoms with Crippen molar-refractivity contribution in [1.82, 2.24) is 0 Å². The second kappa shape index (κ2) is 8.03. The maximum absolute atomic E-state index is 12.8. The molecule has 0 aliphatic carbocycles. The topological polar surface area (TPSA) is 64.9 Å². The Hall–Kier alpha value is -2.53. The minimum Gasteiger partial charge on any atom is -0.376 e. The Bertz CT molecular complexity index is 798. The maximum Gasteiger partial charge on any atom is 0.417 e. The molecule has 2 N–H and O–H groups in total. The van der Waals surface area contributed by atoms with E-state index < -0.39 is 17.6 Å². The average molecular weight is 412 g/mol. The number of amides is 1. The largest absolute Gasteiger partial charge is 0.417 e. The molecule has 0 fully saturated rings. The Balaban J connectivity index is 1.95. The van der Waals surface area contributed by atoms with Crippen LogP contribution in [0.3, 0.4) is 0 Å². The zero-order valence-corrected chi connectivity index (χ0v) is 14.4. The molecule has 0 saturated carbocycles. The molecule has 0 aromatic heterocycles. The third kappa shape index (κ3) is 5.50. The first kappa shape index (κ1) is 18.8. The van der Waals surface area contributed by atoms with Crippen molar-refractivity contribution in [2.75, 3.05) is 17.2 Å². The molecule has 130 valence electrons. The summed E-state index contributed by atoms with van der Waals surface area (Å²) in [5.41, 5.74) is 0.745. The molecule has 8 heteroatoms. The van der Waals surface area contributed by atoms with Crippen LogP contribution in [-0.4, -0.2) is 12.5 Å². The van der Waals surface area contributed by atoms with Crippen LogP contribution in [0.5, 0.6) is 0 Å². The number of rotatable bonds is 5. The maximum atomic E-state index is 12.8. The number of carbonyl (C=O) groups is 1.